The standard InChI is InChI=1S/C16H24BrN/c1-2-18-16(13-7-5-3-4-6-8-13)14-9-11-15(17)12-10-14/h9-13,16,18H,2-8H2,1H3. The van der Waals surface area contributed by atoms with Crippen LogP contribution in [0, 0.1) is 5.92 Å². The van der Waals surface area contributed by atoms with E-state index in [9.17, 15) is 0 Å². The third kappa shape index (κ3) is 3.83. The highest BCUT2D eigenvalue weighted by atomic mass is 79.9. The molecule has 1 aliphatic carbocycles. The van der Waals surface area contributed by atoms with Crippen LogP contribution < -0.4 is 5.32 Å². The lowest BCUT2D eigenvalue weighted by Crippen LogP contribution is -2.28. The van der Waals surface area contributed by atoms with Crippen LogP contribution in [0.25, 0.3) is 0 Å². The van der Waals surface area contributed by atoms with Gasteiger partial charge in [0, 0.05) is 10.5 Å². The van der Waals surface area contributed by atoms with Gasteiger partial charge in [0.2, 0.25) is 0 Å². The molecule has 1 aliphatic rings. The molecule has 1 fully saturated rings. The van der Waals surface area contributed by atoms with Gasteiger partial charge in [-0.2, -0.15) is 0 Å². The highest BCUT2D eigenvalue weighted by Crippen LogP contribution is 2.33. The summed E-state index contributed by atoms with van der Waals surface area (Å²) >= 11 is 3.52. The lowest BCUT2D eigenvalue weighted by Gasteiger charge is -2.27. The minimum absolute atomic E-state index is 0.543. The smallest absolute Gasteiger partial charge is 0.0348 e. The van der Waals surface area contributed by atoms with Crippen LogP contribution in [0.2, 0.25) is 0 Å². The number of benzene rings is 1. The molecule has 0 spiro atoms. The summed E-state index contributed by atoms with van der Waals surface area (Å²) in [5, 5.41) is 3.70. The highest BCUT2D eigenvalue weighted by molar-refractivity contribution is 9.10. The maximum absolute atomic E-state index is 3.70. The van der Waals surface area contributed by atoms with Crippen molar-refractivity contribution in [3.8, 4) is 0 Å². The van der Waals surface area contributed by atoms with Gasteiger partial charge in [0.05, 0.1) is 0 Å². The maximum Gasteiger partial charge on any atom is 0.0348 e. The summed E-state index contributed by atoms with van der Waals surface area (Å²) in [6.07, 6.45) is 8.43. The zero-order valence-corrected chi connectivity index (χ0v) is 12.9. The Kier molecular flexibility index (Phi) is 5.71. The monoisotopic (exact) mass is 309 g/mol. The third-order valence-electron chi connectivity index (χ3n) is 4.02. The van der Waals surface area contributed by atoms with Crippen molar-refractivity contribution in [2.24, 2.45) is 5.92 Å². The quantitative estimate of drug-likeness (QED) is 0.766. The molecule has 0 heterocycles. The second-order valence-electron chi connectivity index (χ2n) is 5.34. The first-order valence-corrected chi connectivity index (χ1v) is 8.09. The van der Waals surface area contributed by atoms with Crippen LogP contribution in [0.4, 0.5) is 0 Å². The fraction of sp³-hybridized carbons (Fsp3) is 0.625. The van der Waals surface area contributed by atoms with E-state index in [4.69, 9.17) is 0 Å². The first kappa shape index (κ1) is 14.1. The molecular weight excluding hydrogens is 286 g/mol. The lowest BCUT2D eigenvalue weighted by atomic mass is 9.87. The fourth-order valence-electron chi connectivity index (χ4n) is 3.09. The molecule has 100 valence electrons. The van der Waals surface area contributed by atoms with E-state index in [-0.39, 0.29) is 0 Å². The van der Waals surface area contributed by atoms with E-state index in [1.807, 2.05) is 0 Å². The van der Waals surface area contributed by atoms with Crippen molar-refractivity contribution >= 4 is 15.9 Å². The number of halogens is 1. The van der Waals surface area contributed by atoms with Crippen LogP contribution in [-0.4, -0.2) is 6.54 Å². The van der Waals surface area contributed by atoms with E-state index >= 15 is 0 Å². The van der Waals surface area contributed by atoms with Crippen molar-refractivity contribution < 1.29 is 0 Å². The van der Waals surface area contributed by atoms with Gasteiger partial charge < -0.3 is 5.32 Å². The van der Waals surface area contributed by atoms with Gasteiger partial charge in [-0.25, -0.2) is 0 Å². The molecule has 1 N–H and O–H groups in total. The molecule has 1 atom stereocenters. The van der Waals surface area contributed by atoms with Gasteiger partial charge in [-0.1, -0.05) is 60.7 Å². The summed E-state index contributed by atoms with van der Waals surface area (Å²) in [5.41, 5.74) is 1.45. The van der Waals surface area contributed by atoms with Gasteiger partial charge in [-0.05, 0) is 43.0 Å². The average Bonchev–Trinajstić information content (AvgIpc) is 2.66. The van der Waals surface area contributed by atoms with Crippen molar-refractivity contribution in [1.29, 1.82) is 0 Å². The first-order chi connectivity index (χ1) is 8.81. The normalized spacial score (nSPS) is 19.4. The molecule has 1 unspecified atom stereocenters. The van der Waals surface area contributed by atoms with E-state index in [2.05, 4.69) is 52.4 Å². The Morgan fingerprint density at radius 1 is 1.11 bits per heavy atom. The molecule has 1 aromatic rings. The Morgan fingerprint density at radius 2 is 1.72 bits per heavy atom. The molecule has 1 saturated carbocycles. The van der Waals surface area contributed by atoms with Crippen molar-refractivity contribution in [3.05, 3.63) is 34.3 Å². The Morgan fingerprint density at radius 3 is 2.28 bits per heavy atom. The molecule has 0 saturated heterocycles. The average molecular weight is 310 g/mol. The Bertz CT molecular complexity index is 339. The van der Waals surface area contributed by atoms with Crippen molar-refractivity contribution in [3.63, 3.8) is 0 Å². The first-order valence-electron chi connectivity index (χ1n) is 7.30. The largest absolute Gasteiger partial charge is 0.310 e. The summed E-state index contributed by atoms with van der Waals surface area (Å²) in [6, 6.07) is 9.40. The topological polar surface area (TPSA) is 12.0 Å². The van der Waals surface area contributed by atoms with E-state index in [1.165, 1.54) is 48.6 Å². The zero-order valence-electron chi connectivity index (χ0n) is 11.3. The van der Waals surface area contributed by atoms with Crippen LogP contribution in [0.15, 0.2) is 28.7 Å². The number of hydrogen-bond donors (Lipinski definition) is 1. The molecule has 1 aromatic carbocycles. The number of nitrogens with one attached hydrogen (secondary N) is 1. The van der Waals surface area contributed by atoms with Crippen molar-refractivity contribution in [2.75, 3.05) is 6.54 Å². The van der Waals surface area contributed by atoms with Gasteiger partial charge in [0.1, 0.15) is 0 Å². The Hall–Kier alpha value is -0.340. The molecule has 1 nitrogen and oxygen atoms in total. The van der Waals surface area contributed by atoms with Gasteiger partial charge >= 0.3 is 0 Å². The molecule has 0 bridgehead atoms. The molecule has 2 heteroatoms. The van der Waals surface area contributed by atoms with E-state index in [0.717, 1.165) is 12.5 Å². The molecule has 0 aliphatic heterocycles. The van der Waals surface area contributed by atoms with Gasteiger partial charge in [0.25, 0.3) is 0 Å². The van der Waals surface area contributed by atoms with Crippen molar-refractivity contribution in [1.82, 2.24) is 5.32 Å². The molecular formula is C16H24BrN. The highest BCUT2D eigenvalue weighted by Gasteiger charge is 2.23. The van der Waals surface area contributed by atoms with Gasteiger partial charge in [-0.3, -0.25) is 0 Å². The number of hydrogen-bond acceptors (Lipinski definition) is 1. The third-order valence-corrected chi connectivity index (χ3v) is 4.55. The summed E-state index contributed by atoms with van der Waals surface area (Å²) in [6.45, 7) is 3.26. The van der Waals surface area contributed by atoms with Crippen LogP contribution in [0.3, 0.4) is 0 Å². The van der Waals surface area contributed by atoms with Crippen molar-refractivity contribution in [2.45, 2.75) is 51.5 Å². The maximum atomic E-state index is 3.70. The van der Waals surface area contributed by atoms with Crippen LogP contribution in [0.1, 0.15) is 57.1 Å². The molecule has 0 radical (unpaired) electrons. The molecule has 0 amide bonds. The summed E-state index contributed by atoms with van der Waals surface area (Å²) in [5.74, 6) is 0.814. The molecule has 18 heavy (non-hydrogen) atoms. The predicted octanol–water partition coefficient (Wildman–Crippen LogP) is 5.07. The second kappa shape index (κ2) is 7.30. The number of rotatable bonds is 4. The summed E-state index contributed by atoms with van der Waals surface area (Å²) in [7, 11) is 0. The van der Waals surface area contributed by atoms with Crippen LogP contribution in [-0.2, 0) is 0 Å². The fourth-order valence-corrected chi connectivity index (χ4v) is 3.36. The summed E-state index contributed by atoms with van der Waals surface area (Å²) in [4.78, 5) is 0. The van der Waals surface area contributed by atoms with E-state index in [0.29, 0.717) is 6.04 Å². The summed E-state index contributed by atoms with van der Waals surface area (Å²) < 4.78 is 1.17. The van der Waals surface area contributed by atoms with Gasteiger partial charge in [0.15, 0.2) is 0 Å². The Labute approximate surface area is 119 Å². The molecule has 2 rings (SSSR count). The SMILES string of the molecule is CCNC(c1ccc(Br)cc1)C1CCCCCC1. The van der Waals surface area contributed by atoms with Gasteiger partial charge in [-0.15, -0.1) is 0 Å². The van der Waals surface area contributed by atoms with Crippen LogP contribution >= 0.6 is 15.9 Å². The minimum atomic E-state index is 0.543. The Balaban J connectivity index is 2.12. The van der Waals surface area contributed by atoms with E-state index in [1.54, 1.807) is 0 Å². The zero-order chi connectivity index (χ0) is 12.8. The molecule has 0 aromatic heterocycles. The second-order valence-corrected chi connectivity index (χ2v) is 6.25. The predicted molar refractivity (Wildman–Crippen MR) is 81.8 cm³/mol. The minimum Gasteiger partial charge on any atom is -0.310 e. The lowest BCUT2D eigenvalue weighted by molar-refractivity contribution is 0.330. The van der Waals surface area contributed by atoms with E-state index < -0.39 is 0 Å². The van der Waals surface area contributed by atoms with Crippen LogP contribution in [0.5, 0.6) is 0 Å².